The highest BCUT2D eigenvalue weighted by Crippen LogP contribution is 2.32. The van der Waals surface area contributed by atoms with Crippen LogP contribution in [0, 0.1) is 5.82 Å². The normalized spacial score (nSPS) is 30.3. The Morgan fingerprint density at radius 2 is 2.11 bits per heavy atom. The third kappa shape index (κ3) is 3.53. The second kappa shape index (κ2) is 5.99. The van der Waals surface area contributed by atoms with Crippen LogP contribution in [0.2, 0.25) is 0 Å². The van der Waals surface area contributed by atoms with Gasteiger partial charge in [-0.3, -0.25) is 0 Å². The second-order valence-electron chi connectivity index (χ2n) is 5.26. The van der Waals surface area contributed by atoms with E-state index in [1.807, 2.05) is 12.1 Å². The van der Waals surface area contributed by atoms with Crippen LogP contribution in [-0.4, -0.2) is 25.5 Å². The van der Waals surface area contributed by atoms with Crippen LogP contribution in [0.25, 0.3) is 0 Å². The van der Waals surface area contributed by atoms with E-state index in [4.69, 9.17) is 9.47 Å². The molecular formula is C15H20FNO2. The van der Waals surface area contributed by atoms with E-state index in [1.165, 1.54) is 18.6 Å². The fourth-order valence-electron chi connectivity index (χ4n) is 2.59. The van der Waals surface area contributed by atoms with Crippen LogP contribution >= 0.6 is 0 Å². The molecule has 2 aliphatic rings. The molecule has 2 fully saturated rings. The monoisotopic (exact) mass is 265 g/mol. The Balaban J connectivity index is 1.37. The molecule has 0 saturated carbocycles. The van der Waals surface area contributed by atoms with Gasteiger partial charge in [-0.25, -0.2) is 4.39 Å². The lowest BCUT2D eigenvalue weighted by molar-refractivity contribution is -0.162. The van der Waals surface area contributed by atoms with Crippen molar-refractivity contribution in [3.8, 4) is 0 Å². The van der Waals surface area contributed by atoms with Crippen molar-refractivity contribution in [2.24, 2.45) is 0 Å². The summed E-state index contributed by atoms with van der Waals surface area (Å²) in [7, 11) is 0. The van der Waals surface area contributed by atoms with Crippen molar-refractivity contribution in [2.75, 3.05) is 13.2 Å². The lowest BCUT2D eigenvalue weighted by atomic mass is 10.1. The Morgan fingerprint density at radius 3 is 2.84 bits per heavy atom. The summed E-state index contributed by atoms with van der Waals surface area (Å²) in [5, 5.41) is 3.40. The molecule has 0 radical (unpaired) electrons. The maximum Gasteiger partial charge on any atom is 0.157 e. The van der Waals surface area contributed by atoms with E-state index in [2.05, 4.69) is 5.32 Å². The first-order valence-electron chi connectivity index (χ1n) is 7.07. The molecule has 1 unspecified atom stereocenters. The molecule has 4 heteroatoms. The number of halogens is 1. The van der Waals surface area contributed by atoms with Crippen molar-refractivity contribution in [1.29, 1.82) is 0 Å². The van der Waals surface area contributed by atoms with Gasteiger partial charge in [-0.2, -0.15) is 0 Å². The van der Waals surface area contributed by atoms with E-state index < -0.39 is 0 Å². The standard InChI is InChI=1S/C15H20FNO2/c16-12-6-4-11(5-7-12)15-13(17-15)8-10-19-14-3-1-2-9-18-14/h4-7,13-15,17H,1-3,8-10H2/t13-,14?,15+/m0/s1. The zero-order valence-corrected chi connectivity index (χ0v) is 11.0. The molecule has 0 aromatic heterocycles. The molecule has 2 heterocycles. The van der Waals surface area contributed by atoms with Crippen LogP contribution < -0.4 is 5.32 Å². The van der Waals surface area contributed by atoms with Gasteiger partial charge < -0.3 is 14.8 Å². The van der Waals surface area contributed by atoms with Crippen LogP contribution in [0.5, 0.6) is 0 Å². The van der Waals surface area contributed by atoms with E-state index in [1.54, 1.807) is 0 Å². The molecule has 19 heavy (non-hydrogen) atoms. The molecule has 104 valence electrons. The maximum atomic E-state index is 12.8. The SMILES string of the molecule is Fc1ccc([C@H]2N[C@H]2CCOC2CCCCO2)cc1. The molecule has 0 bridgehead atoms. The van der Waals surface area contributed by atoms with Gasteiger partial charge in [0.2, 0.25) is 0 Å². The smallest absolute Gasteiger partial charge is 0.157 e. The van der Waals surface area contributed by atoms with Crippen molar-refractivity contribution in [3.05, 3.63) is 35.6 Å². The summed E-state index contributed by atoms with van der Waals surface area (Å²) < 4.78 is 24.1. The number of ether oxygens (including phenoxy) is 2. The first-order valence-corrected chi connectivity index (χ1v) is 7.07. The molecule has 0 aliphatic carbocycles. The second-order valence-corrected chi connectivity index (χ2v) is 5.26. The molecule has 2 saturated heterocycles. The third-order valence-corrected chi connectivity index (χ3v) is 3.79. The van der Waals surface area contributed by atoms with Gasteiger partial charge in [0.15, 0.2) is 6.29 Å². The van der Waals surface area contributed by atoms with Gasteiger partial charge in [-0.05, 0) is 43.4 Å². The summed E-state index contributed by atoms with van der Waals surface area (Å²) in [5.41, 5.74) is 1.15. The summed E-state index contributed by atoms with van der Waals surface area (Å²) in [6, 6.07) is 7.53. The van der Waals surface area contributed by atoms with Crippen molar-refractivity contribution in [1.82, 2.24) is 5.32 Å². The Morgan fingerprint density at radius 1 is 1.26 bits per heavy atom. The topological polar surface area (TPSA) is 40.4 Å². The molecule has 3 nitrogen and oxygen atoms in total. The van der Waals surface area contributed by atoms with E-state index in [9.17, 15) is 4.39 Å². The van der Waals surface area contributed by atoms with E-state index in [0.717, 1.165) is 38.0 Å². The Bertz CT molecular complexity index is 403. The van der Waals surface area contributed by atoms with Crippen molar-refractivity contribution in [2.45, 2.75) is 44.1 Å². The van der Waals surface area contributed by atoms with Gasteiger partial charge >= 0.3 is 0 Å². The molecule has 1 aromatic carbocycles. The van der Waals surface area contributed by atoms with Gasteiger partial charge in [-0.1, -0.05) is 12.1 Å². The number of benzene rings is 1. The highest BCUT2D eigenvalue weighted by Gasteiger charge is 2.36. The fourth-order valence-corrected chi connectivity index (χ4v) is 2.59. The van der Waals surface area contributed by atoms with Crippen LogP contribution in [0.4, 0.5) is 4.39 Å². The maximum absolute atomic E-state index is 12.8. The van der Waals surface area contributed by atoms with Crippen LogP contribution in [0.15, 0.2) is 24.3 Å². The fraction of sp³-hybridized carbons (Fsp3) is 0.600. The molecule has 1 aromatic rings. The molecule has 0 amide bonds. The Labute approximate surface area is 113 Å². The van der Waals surface area contributed by atoms with Gasteiger partial charge in [-0.15, -0.1) is 0 Å². The Hall–Kier alpha value is -0.970. The lowest BCUT2D eigenvalue weighted by Gasteiger charge is -2.22. The average Bonchev–Trinajstić information content (AvgIpc) is 3.20. The minimum atomic E-state index is -0.182. The van der Waals surface area contributed by atoms with Gasteiger partial charge in [0.05, 0.1) is 6.61 Å². The summed E-state index contributed by atoms with van der Waals surface area (Å²) in [6.07, 6.45) is 4.33. The highest BCUT2D eigenvalue weighted by atomic mass is 19.1. The average molecular weight is 265 g/mol. The van der Waals surface area contributed by atoms with Crippen LogP contribution in [0.1, 0.15) is 37.3 Å². The summed E-state index contributed by atoms with van der Waals surface area (Å²) in [6.45, 7) is 1.55. The zero-order chi connectivity index (χ0) is 13.1. The molecule has 0 spiro atoms. The first-order chi connectivity index (χ1) is 9.33. The van der Waals surface area contributed by atoms with E-state index >= 15 is 0 Å². The van der Waals surface area contributed by atoms with Gasteiger partial charge in [0.25, 0.3) is 0 Å². The van der Waals surface area contributed by atoms with Crippen LogP contribution in [-0.2, 0) is 9.47 Å². The highest BCUT2D eigenvalue weighted by molar-refractivity contribution is 5.26. The number of nitrogens with one attached hydrogen (secondary N) is 1. The number of rotatable bonds is 5. The summed E-state index contributed by atoms with van der Waals surface area (Å²) in [5.74, 6) is -0.182. The Kier molecular flexibility index (Phi) is 4.11. The third-order valence-electron chi connectivity index (χ3n) is 3.79. The summed E-state index contributed by atoms with van der Waals surface area (Å²) in [4.78, 5) is 0. The minimum absolute atomic E-state index is 0.00299. The van der Waals surface area contributed by atoms with E-state index in [-0.39, 0.29) is 12.1 Å². The van der Waals surface area contributed by atoms with E-state index in [0.29, 0.717) is 12.1 Å². The van der Waals surface area contributed by atoms with Crippen molar-refractivity contribution < 1.29 is 13.9 Å². The quantitative estimate of drug-likeness (QED) is 0.832. The predicted octanol–water partition coefficient (Wildman–Crippen LogP) is 2.77. The molecule has 3 rings (SSSR count). The van der Waals surface area contributed by atoms with Gasteiger partial charge in [0.1, 0.15) is 5.82 Å². The number of hydrogen-bond donors (Lipinski definition) is 1. The zero-order valence-electron chi connectivity index (χ0n) is 11.0. The predicted molar refractivity (Wildman–Crippen MR) is 70.2 cm³/mol. The largest absolute Gasteiger partial charge is 0.353 e. The molecular weight excluding hydrogens is 245 g/mol. The summed E-state index contributed by atoms with van der Waals surface area (Å²) >= 11 is 0. The molecule has 2 aliphatic heterocycles. The minimum Gasteiger partial charge on any atom is -0.353 e. The molecule has 3 atom stereocenters. The van der Waals surface area contributed by atoms with Crippen molar-refractivity contribution >= 4 is 0 Å². The first kappa shape index (κ1) is 13.0. The number of hydrogen-bond acceptors (Lipinski definition) is 3. The lowest BCUT2D eigenvalue weighted by Crippen LogP contribution is -2.23. The molecule has 1 N–H and O–H groups in total. The van der Waals surface area contributed by atoms with Gasteiger partial charge in [0, 0.05) is 18.7 Å². The van der Waals surface area contributed by atoms with Crippen molar-refractivity contribution in [3.63, 3.8) is 0 Å². The van der Waals surface area contributed by atoms with Crippen LogP contribution in [0.3, 0.4) is 0 Å².